The molecular weight excluding hydrogens is 308 g/mol. The minimum atomic E-state index is 0.306. The first-order valence-electron chi connectivity index (χ1n) is 8.94. The Kier molecular flexibility index (Phi) is 6.18. The Balaban J connectivity index is 2.45. The van der Waals surface area contributed by atoms with E-state index in [9.17, 15) is 0 Å². The normalized spacial score (nSPS) is 17.1. The lowest BCUT2D eigenvalue weighted by Gasteiger charge is -2.34. The van der Waals surface area contributed by atoms with Gasteiger partial charge in [0.25, 0.3) is 0 Å². The summed E-state index contributed by atoms with van der Waals surface area (Å²) in [6.45, 7) is 13.4. The van der Waals surface area contributed by atoms with Gasteiger partial charge in [-0.05, 0) is 25.1 Å². The molecular formula is C21H32N4. The number of rotatable bonds is 8. The molecule has 136 valence electrons. The van der Waals surface area contributed by atoms with Crippen molar-refractivity contribution < 1.29 is 0 Å². The molecule has 0 amide bonds. The van der Waals surface area contributed by atoms with Crippen molar-refractivity contribution in [1.82, 2.24) is 20.0 Å². The molecule has 4 nitrogen and oxygen atoms in total. The van der Waals surface area contributed by atoms with Crippen LogP contribution in [0, 0.1) is 6.92 Å². The molecule has 1 atom stereocenters. The van der Waals surface area contributed by atoms with Crippen molar-refractivity contribution in [1.29, 1.82) is 0 Å². The van der Waals surface area contributed by atoms with Gasteiger partial charge in [-0.2, -0.15) is 0 Å². The maximum Gasteiger partial charge on any atom is 0.133 e. The third kappa shape index (κ3) is 4.01. The molecule has 1 aliphatic heterocycles. The Morgan fingerprint density at radius 2 is 1.92 bits per heavy atom. The van der Waals surface area contributed by atoms with Gasteiger partial charge in [0, 0.05) is 27.7 Å². The van der Waals surface area contributed by atoms with Crippen LogP contribution < -0.4 is 5.32 Å². The van der Waals surface area contributed by atoms with Gasteiger partial charge in [0.1, 0.15) is 17.7 Å². The highest BCUT2D eigenvalue weighted by atomic mass is 15.5. The van der Waals surface area contributed by atoms with Crippen LogP contribution in [0.5, 0.6) is 0 Å². The topological polar surface area (TPSA) is 21.8 Å². The van der Waals surface area contributed by atoms with Gasteiger partial charge in [0.05, 0.1) is 5.70 Å². The summed E-state index contributed by atoms with van der Waals surface area (Å²) in [6.07, 6.45) is 4.27. The molecule has 4 heteroatoms. The van der Waals surface area contributed by atoms with E-state index in [2.05, 4.69) is 78.3 Å². The van der Waals surface area contributed by atoms with Crippen LogP contribution in [0.2, 0.25) is 0 Å². The molecule has 1 heterocycles. The van der Waals surface area contributed by atoms with E-state index in [1.165, 1.54) is 11.1 Å². The van der Waals surface area contributed by atoms with Gasteiger partial charge in [-0.1, -0.05) is 56.3 Å². The van der Waals surface area contributed by atoms with E-state index >= 15 is 0 Å². The fourth-order valence-corrected chi connectivity index (χ4v) is 3.27. The molecule has 2 rings (SSSR count). The summed E-state index contributed by atoms with van der Waals surface area (Å²) in [5, 5.41) is 3.33. The largest absolute Gasteiger partial charge is 0.376 e. The van der Waals surface area contributed by atoms with Crippen LogP contribution in [0.1, 0.15) is 30.9 Å². The number of benzene rings is 1. The Bertz CT molecular complexity index is 642. The van der Waals surface area contributed by atoms with Gasteiger partial charge in [0.15, 0.2) is 0 Å². The van der Waals surface area contributed by atoms with Gasteiger partial charge in [-0.3, -0.25) is 0 Å². The molecule has 0 radical (unpaired) electrons. The summed E-state index contributed by atoms with van der Waals surface area (Å²) in [5.41, 5.74) is 4.74. The first-order chi connectivity index (χ1) is 11.9. The lowest BCUT2D eigenvalue weighted by atomic mass is 10.1. The molecule has 1 N–H and O–H groups in total. The van der Waals surface area contributed by atoms with Crippen molar-refractivity contribution >= 4 is 0 Å². The van der Waals surface area contributed by atoms with Gasteiger partial charge < -0.3 is 20.0 Å². The maximum atomic E-state index is 4.33. The van der Waals surface area contributed by atoms with Gasteiger partial charge in [-0.15, -0.1) is 0 Å². The van der Waals surface area contributed by atoms with Crippen LogP contribution in [0.4, 0.5) is 0 Å². The molecule has 0 bridgehead atoms. The lowest BCUT2D eigenvalue weighted by Crippen LogP contribution is -2.39. The minimum absolute atomic E-state index is 0.306. The maximum absolute atomic E-state index is 4.33. The Morgan fingerprint density at radius 1 is 1.28 bits per heavy atom. The van der Waals surface area contributed by atoms with E-state index < -0.39 is 0 Å². The number of hydrogen-bond acceptors (Lipinski definition) is 4. The second-order valence-electron chi connectivity index (χ2n) is 6.88. The summed E-state index contributed by atoms with van der Waals surface area (Å²) >= 11 is 0. The van der Waals surface area contributed by atoms with Crippen molar-refractivity contribution in [2.45, 2.75) is 39.4 Å². The molecule has 0 aliphatic carbocycles. The number of likely N-dealkylation sites (N-methyl/N-ethyl adjacent to an activating group) is 1. The Hall–Kier alpha value is -2.36. The number of aryl methyl sites for hydroxylation is 1. The standard InChI is InChI=1S/C21H32N4/c1-8-10-19-24(7)21(22-9-2)20(17(4)23(5)6)25(19)15-18-13-11-16(3)12-14-18/h9,11-14,19,22H,2,4,8,10,15H2,1,3,5-7H3. The quantitative estimate of drug-likeness (QED) is 0.776. The molecule has 1 unspecified atom stereocenters. The van der Waals surface area contributed by atoms with Crippen LogP contribution >= 0.6 is 0 Å². The third-order valence-electron chi connectivity index (χ3n) is 4.74. The highest BCUT2D eigenvalue weighted by molar-refractivity contribution is 5.36. The summed E-state index contributed by atoms with van der Waals surface area (Å²) in [5.74, 6) is 1.07. The van der Waals surface area contributed by atoms with Crippen LogP contribution in [0.25, 0.3) is 0 Å². The van der Waals surface area contributed by atoms with Crippen LogP contribution in [-0.4, -0.2) is 42.0 Å². The van der Waals surface area contributed by atoms with Crippen molar-refractivity contribution in [3.8, 4) is 0 Å². The van der Waals surface area contributed by atoms with E-state index in [1.54, 1.807) is 6.20 Å². The van der Waals surface area contributed by atoms with Gasteiger partial charge >= 0.3 is 0 Å². The van der Waals surface area contributed by atoms with Crippen molar-refractivity contribution in [3.05, 3.63) is 72.0 Å². The van der Waals surface area contributed by atoms with Crippen LogP contribution in [0.3, 0.4) is 0 Å². The average molecular weight is 341 g/mol. The molecule has 0 spiro atoms. The van der Waals surface area contributed by atoms with Crippen molar-refractivity contribution in [3.63, 3.8) is 0 Å². The van der Waals surface area contributed by atoms with Gasteiger partial charge in [0.2, 0.25) is 0 Å². The second kappa shape index (κ2) is 8.15. The fourth-order valence-electron chi connectivity index (χ4n) is 3.27. The van der Waals surface area contributed by atoms with Gasteiger partial charge in [-0.25, -0.2) is 0 Å². The highest BCUT2D eigenvalue weighted by Gasteiger charge is 2.36. The summed E-state index contributed by atoms with van der Waals surface area (Å²) in [7, 11) is 6.22. The minimum Gasteiger partial charge on any atom is -0.376 e. The molecule has 1 aromatic carbocycles. The smallest absolute Gasteiger partial charge is 0.133 e. The molecule has 0 fully saturated rings. The number of nitrogens with zero attached hydrogens (tertiary/aromatic N) is 3. The van der Waals surface area contributed by atoms with Crippen LogP contribution in [0.15, 0.2) is 60.8 Å². The number of nitrogens with one attached hydrogen (secondary N) is 1. The van der Waals surface area contributed by atoms with E-state index in [0.29, 0.717) is 6.17 Å². The molecule has 25 heavy (non-hydrogen) atoms. The highest BCUT2D eigenvalue weighted by Crippen LogP contribution is 2.35. The lowest BCUT2D eigenvalue weighted by molar-refractivity contribution is 0.140. The second-order valence-corrected chi connectivity index (χ2v) is 6.88. The predicted molar refractivity (Wildman–Crippen MR) is 106 cm³/mol. The van der Waals surface area contributed by atoms with E-state index in [-0.39, 0.29) is 0 Å². The Labute approximate surface area is 153 Å². The Morgan fingerprint density at radius 3 is 2.44 bits per heavy atom. The average Bonchev–Trinajstić information content (AvgIpc) is 2.82. The molecule has 1 aliphatic rings. The summed E-state index contributed by atoms with van der Waals surface area (Å²) < 4.78 is 0. The first-order valence-corrected chi connectivity index (χ1v) is 8.94. The third-order valence-corrected chi connectivity index (χ3v) is 4.74. The predicted octanol–water partition coefficient (Wildman–Crippen LogP) is 3.85. The number of hydrogen-bond donors (Lipinski definition) is 1. The summed E-state index contributed by atoms with van der Waals surface area (Å²) in [4.78, 5) is 6.84. The summed E-state index contributed by atoms with van der Waals surface area (Å²) in [6, 6.07) is 8.79. The van der Waals surface area contributed by atoms with E-state index in [4.69, 9.17) is 0 Å². The van der Waals surface area contributed by atoms with Crippen molar-refractivity contribution in [2.24, 2.45) is 0 Å². The first kappa shape index (κ1) is 19.0. The zero-order valence-electron chi connectivity index (χ0n) is 16.3. The SMILES string of the molecule is C=CNC1=C(C(=C)N(C)C)N(Cc2ccc(C)cc2)C(CCC)N1C. The molecule has 0 aromatic heterocycles. The molecule has 0 saturated carbocycles. The van der Waals surface area contributed by atoms with E-state index in [0.717, 1.165) is 36.6 Å². The van der Waals surface area contributed by atoms with E-state index in [1.807, 2.05) is 14.1 Å². The van der Waals surface area contributed by atoms with Crippen LogP contribution in [-0.2, 0) is 6.54 Å². The molecule has 1 aromatic rings. The monoisotopic (exact) mass is 340 g/mol. The zero-order valence-corrected chi connectivity index (χ0v) is 16.3. The fraction of sp³-hybridized carbons (Fsp3) is 0.429. The molecule has 0 saturated heterocycles. The zero-order chi connectivity index (χ0) is 18.6. The van der Waals surface area contributed by atoms with Crippen molar-refractivity contribution in [2.75, 3.05) is 21.1 Å².